The lowest BCUT2D eigenvalue weighted by Gasteiger charge is -2.16. The number of furan rings is 1. The summed E-state index contributed by atoms with van der Waals surface area (Å²) in [5.41, 5.74) is 5.68. The molecular formula is C13H14ClNO2. The average Bonchev–Trinajstić information content (AvgIpc) is 2.75. The molecule has 1 heterocycles. The predicted octanol–water partition coefficient (Wildman–Crippen LogP) is 3.32. The molecule has 0 saturated carbocycles. The highest BCUT2D eigenvalue weighted by molar-refractivity contribution is 6.32. The van der Waals surface area contributed by atoms with Crippen molar-refractivity contribution in [2.75, 3.05) is 6.54 Å². The lowest BCUT2D eigenvalue weighted by Crippen LogP contribution is -2.18. The van der Waals surface area contributed by atoms with E-state index in [1.54, 1.807) is 12.1 Å². The standard InChI is InChI=1S/C13H14ClNO2/c1-9-6-7-12(16-9)13(8-15)17-11-5-3-2-4-10(11)14/h2-7,13H,8,15H2,1H3. The number of rotatable bonds is 4. The van der Waals surface area contributed by atoms with Crippen molar-refractivity contribution in [3.63, 3.8) is 0 Å². The summed E-state index contributed by atoms with van der Waals surface area (Å²) < 4.78 is 11.2. The zero-order valence-corrected chi connectivity index (χ0v) is 10.3. The zero-order valence-electron chi connectivity index (χ0n) is 9.52. The van der Waals surface area contributed by atoms with E-state index in [1.165, 1.54) is 0 Å². The number of aryl methyl sites for hydroxylation is 1. The van der Waals surface area contributed by atoms with Crippen LogP contribution in [0, 0.1) is 6.92 Å². The molecule has 0 bridgehead atoms. The normalized spacial score (nSPS) is 12.4. The SMILES string of the molecule is Cc1ccc(C(CN)Oc2ccccc2Cl)o1. The van der Waals surface area contributed by atoms with Crippen LogP contribution in [0.15, 0.2) is 40.8 Å². The van der Waals surface area contributed by atoms with Gasteiger partial charge in [0.05, 0.1) is 5.02 Å². The van der Waals surface area contributed by atoms with Crippen LogP contribution in [0.4, 0.5) is 0 Å². The topological polar surface area (TPSA) is 48.4 Å². The third-order valence-electron chi connectivity index (χ3n) is 2.40. The molecule has 0 aliphatic carbocycles. The number of benzene rings is 1. The molecule has 2 aromatic rings. The van der Waals surface area contributed by atoms with Gasteiger partial charge >= 0.3 is 0 Å². The maximum absolute atomic E-state index is 6.02. The molecule has 1 unspecified atom stereocenters. The van der Waals surface area contributed by atoms with Gasteiger partial charge in [0.25, 0.3) is 0 Å². The maximum atomic E-state index is 6.02. The maximum Gasteiger partial charge on any atom is 0.168 e. The highest BCUT2D eigenvalue weighted by Gasteiger charge is 2.16. The summed E-state index contributed by atoms with van der Waals surface area (Å²) in [6.45, 7) is 2.21. The number of hydrogen-bond acceptors (Lipinski definition) is 3. The largest absolute Gasteiger partial charge is 0.480 e. The Morgan fingerprint density at radius 2 is 2.06 bits per heavy atom. The summed E-state index contributed by atoms with van der Waals surface area (Å²) in [6, 6.07) is 11.0. The Morgan fingerprint density at radius 3 is 2.65 bits per heavy atom. The van der Waals surface area contributed by atoms with Gasteiger partial charge in [-0.2, -0.15) is 0 Å². The van der Waals surface area contributed by atoms with E-state index in [9.17, 15) is 0 Å². The van der Waals surface area contributed by atoms with Crippen LogP contribution in [0.3, 0.4) is 0 Å². The summed E-state index contributed by atoms with van der Waals surface area (Å²) in [5, 5.41) is 0.564. The molecular weight excluding hydrogens is 238 g/mol. The fraction of sp³-hybridized carbons (Fsp3) is 0.231. The number of nitrogens with two attached hydrogens (primary N) is 1. The van der Waals surface area contributed by atoms with Crippen LogP contribution in [0.2, 0.25) is 5.02 Å². The van der Waals surface area contributed by atoms with Crippen LogP contribution >= 0.6 is 11.6 Å². The Balaban J connectivity index is 2.18. The summed E-state index contributed by atoms with van der Waals surface area (Å²) in [5.74, 6) is 2.16. The van der Waals surface area contributed by atoms with Crippen LogP contribution in [-0.4, -0.2) is 6.54 Å². The van der Waals surface area contributed by atoms with Crippen molar-refractivity contribution in [2.24, 2.45) is 5.73 Å². The first-order valence-electron chi connectivity index (χ1n) is 5.38. The van der Waals surface area contributed by atoms with Crippen LogP contribution in [-0.2, 0) is 0 Å². The van der Waals surface area contributed by atoms with E-state index in [-0.39, 0.29) is 6.10 Å². The molecule has 17 heavy (non-hydrogen) atoms. The number of halogens is 1. The summed E-state index contributed by atoms with van der Waals surface area (Å²) in [7, 11) is 0. The number of para-hydroxylation sites is 1. The molecule has 1 atom stereocenters. The molecule has 90 valence electrons. The Kier molecular flexibility index (Phi) is 3.71. The van der Waals surface area contributed by atoms with Gasteiger partial charge in [-0.1, -0.05) is 23.7 Å². The predicted molar refractivity (Wildman–Crippen MR) is 67.3 cm³/mol. The molecule has 3 nitrogen and oxygen atoms in total. The zero-order chi connectivity index (χ0) is 12.3. The van der Waals surface area contributed by atoms with E-state index in [0.29, 0.717) is 23.1 Å². The Hall–Kier alpha value is -1.45. The molecule has 0 fully saturated rings. The minimum absolute atomic E-state index is 0.316. The summed E-state index contributed by atoms with van der Waals surface area (Å²) in [4.78, 5) is 0. The van der Waals surface area contributed by atoms with Crippen LogP contribution in [0.25, 0.3) is 0 Å². The van der Waals surface area contributed by atoms with Crippen molar-refractivity contribution in [2.45, 2.75) is 13.0 Å². The first kappa shape index (κ1) is 12.0. The first-order chi connectivity index (χ1) is 8.20. The molecule has 0 radical (unpaired) electrons. The van der Waals surface area contributed by atoms with E-state index in [0.717, 1.165) is 5.76 Å². The molecule has 4 heteroatoms. The van der Waals surface area contributed by atoms with Crippen LogP contribution < -0.4 is 10.5 Å². The lowest BCUT2D eigenvalue weighted by molar-refractivity contribution is 0.182. The third kappa shape index (κ3) is 2.81. The van der Waals surface area contributed by atoms with Gasteiger partial charge in [0.1, 0.15) is 17.3 Å². The second-order valence-corrected chi connectivity index (χ2v) is 4.13. The van der Waals surface area contributed by atoms with Crippen molar-refractivity contribution in [1.82, 2.24) is 0 Å². The minimum atomic E-state index is -0.316. The molecule has 1 aromatic heterocycles. The van der Waals surface area contributed by atoms with Gasteiger partial charge in [-0.25, -0.2) is 0 Å². The smallest absolute Gasteiger partial charge is 0.168 e. The van der Waals surface area contributed by atoms with Crippen molar-refractivity contribution in [1.29, 1.82) is 0 Å². The highest BCUT2D eigenvalue weighted by Crippen LogP contribution is 2.28. The fourth-order valence-corrected chi connectivity index (χ4v) is 1.72. The van der Waals surface area contributed by atoms with E-state index >= 15 is 0 Å². The fourth-order valence-electron chi connectivity index (χ4n) is 1.54. The quantitative estimate of drug-likeness (QED) is 0.907. The first-order valence-corrected chi connectivity index (χ1v) is 5.76. The monoisotopic (exact) mass is 251 g/mol. The molecule has 1 aromatic carbocycles. The van der Waals surface area contributed by atoms with Crippen molar-refractivity contribution >= 4 is 11.6 Å². The van der Waals surface area contributed by atoms with E-state index in [1.807, 2.05) is 31.2 Å². The van der Waals surface area contributed by atoms with Gasteiger partial charge in [0.15, 0.2) is 6.10 Å². The molecule has 0 aliphatic rings. The average molecular weight is 252 g/mol. The van der Waals surface area contributed by atoms with Crippen molar-refractivity contribution < 1.29 is 9.15 Å². The number of hydrogen-bond donors (Lipinski definition) is 1. The van der Waals surface area contributed by atoms with Gasteiger partial charge in [0, 0.05) is 6.54 Å². The molecule has 2 N–H and O–H groups in total. The minimum Gasteiger partial charge on any atom is -0.480 e. The van der Waals surface area contributed by atoms with E-state index in [2.05, 4.69) is 0 Å². The second-order valence-electron chi connectivity index (χ2n) is 3.72. The molecule has 2 rings (SSSR count). The number of ether oxygens (including phenoxy) is 1. The second kappa shape index (κ2) is 5.25. The van der Waals surface area contributed by atoms with Gasteiger partial charge in [-0.15, -0.1) is 0 Å². The van der Waals surface area contributed by atoms with Crippen LogP contribution in [0.5, 0.6) is 5.75 Å². The Morgan fingerprint density at radius 1 is 1.29 bits per heavy atom. The van der Waals surface area contributed by atoms with Gasteiger partial charge in [-0.3, -0.25) is 0 Å². The highest BCUT2D eigenvalue weighted by atomic mass is 35.5. The van der Waals surface area contributed by atoms with Gasteiger partial charge < -0.3 is 14.9 Å². The molecule has 0 saturated heterocycles. The van der Waals surface area contributed by atoms with Crippen LogP contribution in [0.1, 0.15) is 17.6 Å². The van der Waals surface area contributed by atoms with Crippen molar-refractivity contribution in [3.8, 4) is 5.75 Å². The summed E-state index contributed by atoms with van der Waals surface area (Å²) >= 11 is 6.02. The molecule has 0 amide bonds. The Labute approximate surface area is 105 Å². The Bertz CT molecular complexity index is 496. The third-order valence-corrected chi connectivity index (χ3v) is 2.71. The van der Waals surface area contributed by atoms with Gasteiger partial charge in [0.2, 0.25) is 0 Å². The van der Waals surface area contributed by atoms with Crippen molar-refractivity contribution in [3.05, 3.63) is 52.9 Å². The molecule has 0 aliphatic heterocycles. The van der Waals surface area contributed by atoms with Gasteiger partial charge in [-0.05, 0) is 31.2 Å². The molecule has 0 spiro atoms. The summed E-state index contributed by atoms with van der Waals surface area (Å²) in [6.07, 6.45) is -0.316. The lowest BCUT2D eigenvalue weighted by atomic mass is 10.2. The van der Waals surface area contributed by atoms with E-state index in [4.69, 9.17) is 26.5 Å². The van der Waals surface area contributed by atoms with E-state index < -0.39 is 0 Å².